The lowest BCUT2D eigenvalue weighted by atomic mass is 9.95. The van der Waals surface area contributed by atoms with Gasteiger partial charge in [0, 0.05) is 12.8 Å². The zero-order valence-corrected chi connectivity index (χ0v) is 8.93. The standard InChI is InChI=1S/C8H14O2Si/c9-7-4-6-2-1-3-8(6,5-7)10-11/h6H,1-5H2,11H3. The third-order valence-electron chi connectivity index (χ3n) is 3.27. The molecule has 0 radical (unpaired) electrons. The molecule has 2 aliphatic carbocycles. The monoisotopic (exact) mass is 170 g/mol. The number of carbonyl (C=O) groups excluding carboxylic acids is 1. The first-order valence-electron chi connectivity index (χ1n) is 4.34. The summed E-state index contributed by atoms with van der Waals surface area (Å²) in [6, 6.07) is 0. The molecule has 3 heteroatoms. The van der Waals surface area contributed by atoms with Gasteiger partial charge in [-0.2, -0.15) is 0 Å². The molecule has 2 saturated carbocycles. The molecule has 0 saturated heterocycles. The minimum absolute atomic E-state index is 0.0311. The molecule has 2 fully saturated rings. The van der Waals surface area contributed by atoms with Crippen molar-refractivity contribution < 1.29 is 9.22 Å². The van der Waals surface area contributed by atoms with Crippen LogP contribution in [0.2, 0.25) is 0 Å². The average Bonchev–Trinajstić information content (AvgIpc) is 2.43. The lowest BCUT2D eigenvalue weighted by Gasteiger charge is -2.27. The van der Waals surface area contributed by atoms with Gasteiger partial charge in [0.25, 0.3) is 0 Å². The highest BCUT2D eigenvalue weighted by Crippen LogP contribution is 2.47. The van der Waals surface area contributed by atoms with Crippen molar-refractivity contribution in [2.45, 2.75) is 37.7 Å². The van der Waals surface area contributed by atoms with Crippen LogP contribution >= 0.6 is 0 Å². The van der Waals surface area contributed by atoms with E-state index >= 15 is 0 Å². The van der Waals surface area contributed by atoms with Gasteiger partial charge in [-0.25, -0.2) is 0 Å². The normalized spacial score (nSPS) is 43.3. The van der Waals surface area contributed by atoms with E-state index in [-0.39, 0.29) is 5.60 Å². The second-order valence-electron chi connectivity index (χ2n) is 3.78. The van der Waals surface area contributed by atoms with Crippen molar-refractivity contribution in [3.05, 3.63) is 0 Å². The summed E-state index contributed by atoms with van der Waals surface area (Å²) < 4.78 is 5.61. The van der Waals surface area contributed by atoms with E-state index in [1.165, 1.54) is 12.8 Å². The van der Waals surface area contributed by atoms with Gasteiger partial charge >= 0.3 is 0 Å². The fraction of sp³-hybridized carbons (Fsp3) is 0.875. The molecule has 2 unspecified atom stereocenters. The lowest BCUT2D eigenvalue weighted by molar-refractivity contribution is -0.118. The fourth-order valence-electron chi connectivity index (χ4n) is 2.66. The van der Waals surface area contributed by atoms with Crippen LogP contribution in [-0.4, -0.2) is 21.9 Å². The van der Waals surface area contributed by atoms with Crippen LogP contribution in [0.25, 0.3) is 0 Å². The van der Waals surface area contributed by atoms with Crippen molar-refractivity contribution in [2.24, 2.45) is 5.92 Å². The van der Waals surface area contributed by atoms with Crippen LogP contribution in [0.4, 0.5) is 0 Å². The number of hydrogen-bond acceptors (Lipinski definition) is 2. The second-order valence-corrected chi connectivity index (χ2v) is 4.19. The third-order valence-corrected chi connectivity index (χ3v) is 4.09. The largest absolute Gasteiger partial charge is 0.422 e. The second kappa shape index (κ2) is 2.42. The van der Waals surface area contributed by atoms with E-state index in [0.29, 0.717) is 18.1 Å². The maximum atomic E-state index is 11.2. The first kappa shape index (κ1) is 7.49. The number of carbonyl (C=O) groups is 1. The van der Waals surface area contributed by atoms with Crippen molar-refractivity contribution in [3.63, 3.8) is 0 Å². The lowest BCUT2D eigenvalue weighted by Crippen LogP contribution is -2.31. The first-order chi connectivity index (χ1) is 5.27. The summed E-state index contributed by atoms with van der Waals surface area (Å²) in [6.45, 7) is 0. The van der Waals surface area contributed by atoms with Crippen molar-refractivity contribution in [1.29, 1.82) is 0 Å². The SMILES string of the molecule is O=C1CC2CCCC2(O[SiH3])C1. The summed E-state index contributed by atoms with van der Waals surface area (Å²) in [5, 5.41) is 0. The van der Waals surface area contributed by atoms with Crippen LogP contribution in [0.3, 0.4) is 0 Å². The van der Waals surface area contributed by atoms with Crippen LogP contribution in [0.15, 0.2) is 0 Å². The van der Waals surface area contributed by atoms with E-state index in [9.17, 15) is 4.79 Å². The van der Waals surface area contributed by atoms with Gasteiger partial charge in [0.15, 0.2) is 0 Å². The molecule has 62 valence electrons. The predicted molar refractivity (Wildman–Crippen MR) is 45.3 cm³/mol. The van der Waals surface area contributed by atoms with Gasteiger partial charge in [0.2, 0.25) is 0 Å². The Balaban J connectivity index is 2.21. The summed E-state index contributed by atoms with van der Waals surface area (Å²) in [7, 11) is 0.782. The highest BCUT2D eigenvalue weighted by molar-refractivity contribution is 5.99. The van der Waals surface area contributed by atoms with Gasteiger partial charge in [0.05, 0.1) is 5.60 Å². The summed E-state index contributed by atoms with van der Waals surface area (Å²) in [6.07, 6.45) is 5.12. The molecule has 11 heavy (non-hydrogen) atoms. The Bertz CT molecular complexity index is 193. The van der Waals surface area contributed by atoms with E-state index in [4.69, 9.17) is 4.43 Å². The van der Waals surface area contributed by atoms with Gasteiger partial charge in [-0.05, 0) is 18.8 Å². The molecule has 0 aromatic heterocycles. The van der Waals surface area contributed by atoms with E-state index in [0.717, 1.165) is 23.3 Å². The van der Waals surface area contributed by atoms with Crippen molar-refractivity contribution >= 4 is 16.3 Å². The molecule has 0 aromatic carbocycles. The minimum Gasteiger partial charge on any atom is -0.422 e. The number of fused-ring (bicyclic) bond motifs is 1. The van der Waals surface area contributed by atoms with E-state index < -0.39 is 0 Å². The molecule has 2 rings (SSSR count). The van der Waals surface area contributed by atoms with Crippen molar-refractivity contribution in [1.82, 2.24) is 0 Å². The fourth-order valence-corrected chi connectivity index (χ4v) is 3.34. The van der Waals surface area contributed by atoms with Gasteiger partial charge in [-0.3, -0.25) is 4.79 Å². The summed E-state index contributed by atoms with van der Waals surface area (Å²) in [5.41, 5.74) is 0.0311. The first-order valence-corrected chi connectivity index (χ1v) is 5.15. The Morgan fingerprint density at radius 1 is 1.64 bits per heavy atom. The van der Waals surface area contributed by atoms with E-state index in [2.05, 4.69) is 0 Å². The number of Topliss-reactive ketones (excluding diaryl/α,β-unsaturated/α-hetero) is 1. The highest BCUT2D eigenvalue weighted by atomic mass is 28.2. The Labute approximate surface area is 69.9 Å². The van der Waals surface area contributed by atoms with Crippen LogP contribution in [0.5, 0.6) is 0 Å². The minimum atomic E-state index is 0.0311. The maximum Gasteiger partial charge on any atom is 0.146 e. The third kappa shape index (κ3) is 0.982. The van der Waals surface area contributed by atoms with Gasteiger partial charge < -0.3 is 4.43 Å². The molecule has 0 aromatic rings. The molecule has 2 atom stereocenters. The molecule has 2 nitrogen and oxygen atoms in total. The van der Waals surface area contributed by atoms with Crippen LogP contribution in [-0.2, 0) is 9.22 Å². The van der Waals surface area contributed by atoms with E-state index in [1.54, 1.807) is 0 Å². The smallest absolute Gasteiger partial charge is 0.146 e. The molecule has 0 spiro atoms. The Morgan fingerprint density at radius 3 is 3.09 bits per heavy atom. The molecular formula is C8H14O2Si. The average molecular weight is 170 g/mol. The summed E-state index contributed by atoms with van der Waals surface area (Å²) in [5.74, 6) is 0.998. The molecule has 0 bridgehead atoms. The maximum absolute atomic E-state index is 11.2. The quantitative estimate of drug-likeness (QED) is 0.525. The zero-order chi connectivity index (χ0) is 7.90. The molecule has 2 aliphatic rings. The number of ketones is 1. The van der Waals surface area contributed by atoms with Crippen molar-refractivity contribution in [3.8, 4) is 0 Å². The number of rotatable bonds is 1. The molecule has 0 amide bonds. The Hall–Kier alpha value is -0.153. The van der Waals surface area contributed by atoms with Crippen LogP contribution in [0, 0.1) is 5.92 Å². The van der Waals surface area contributed by atoms with Gasteiger partial charge in [-0.15, -0.1) is 0 Å². The Kier molecular flexibility index (Phi) is 1.65. The highest BCUT2D eigenvalue weighted by Gasteiger charge is 2.49. The Morgan fingerprint density at radius 2 is 2.45 bits per heavy atom. The van der Waals surface area contributed by atoms with E-state index in [1.807, 2.05) is 0 Å². The van der Waals surface area contributed by atoms with Crippen LogP contribution < -0.4 is 0 Å². The van der Waals surface area contributed by atoms with Gasteiger partial charge in [-0.1, -0.05) is 6.42 Å². The molecule has 0 aliphatic heterocycles. The topological polar surface area (TPSA) is 26.3 Å². The van der Waals surface area contributed by atoms with Gasteiger partial charge in [0.1, 0.15) is 16.3 Å². The molecule has 0 heterocycles. The summed E-state index contributed by atoms with van der Waals surface area (Å²) in [4.78, 5) is 11.2. The van der Waals surface area contributed by atoms with Crippen molar-refractivity contribution in [2.75, 3.05) is 0 Å². The zero-order valence-electron chi connectivity index (χ0n) is 6.93. The van der Waals surface area contributed by atoms with Crippen LogP contribution in [0.1, 0.15) is 32.1 Å². The molecular weight excluding hydrogens is 156 g/mol. The molecule has 0 N–H and O–H groups in total. The number of hydrogen-bond donors (Lipinski definition) is 0. The predicted octanol–water partition coefficient (Wildman–Crippen LogP) is 0.185. The summed E-state index contributed by atoms with van der Waals surface area (Å²) >= 11 is 0.